The van der Waals surface area contributed by atoms with Crippen LogP contribution >= 0.6 is 27.5 Å². The fraction of sp³-hybridized carbons (Fsp3) is 0.0909. The van der Waals surface area contributed by atoms with Gasteiger partial charge in [-0.05, 0) is 41.1 Å². The minimum atomic E-state index is -0.387. The van der Waals surface area contributed by atoms with Crippen molar-refractivity contribution in [1.82, 2.24) is 9.97 Å². The van der Waals surface area contributed by atoms with Crippen molar-refractivity contribution in [3.05, 3.63) is 45.5 Å². The fourth-order valence-electron chi connectivity index (χ4n) is 1.33. The van der Waals surface area contributed by atoms with Crippen LogP contribution < -0.4 is 5.32 Å². The number of benzene rings is 1. The second-order valence-electron chi connectivity index (χ2n) is 3.37. The van der Waals surface area contributed by atoms with Gasteiger partial charge in [0.1, 0.15) is 22.1 Å². The number of nitrogens with zero attached hydrogens (tertiary/aromatic N) is 2. The van der Waals surface area contributed by atoms with Gasteiger partial charge in [0, 0.05) is 11.1 Å². The summed E-state index contributed by atoms with van der Waals surface area (Å²) in [4.78, 5) is 8.20. The van der Waals surface area contributed by atoms with E-state index in [4.69, 9.17) is 11.6 Å². The molecule has 0 saturated carbocycles. The standard InChI is InChI=1S/C11H8BrClFN3/c1-6-15-10(12)5-11(16-6)17-9-4-7(13)2-3-8(9)14/h2-5H,1H3,(H,15,16,17). The molecule has 0 aliphatic carbocycles. The van der Waals surface area contributed by atoms with Gasteiger partial charge in [-0.25, -0.2) is 14.4 Å². The maximum absolute atomic E-state index is 13.5. The first-order valence-corrected chi connectivity index (χ1v) is 5.95. The molecule has 1 N–H and O–H groups in total. The van der Waals surface area contributed by atoms with E-state index >= 15 is 0 Å². The summed E-state index contributed by atoms with van der Waals surface area (Å²) in [6, 6.07) is 5.95. The Morgan fingerprint density at radius 1 is 1.29 bits per heavy atom. The van der Waals surface area contributed by atoms with Crippen LogP contribution in [0.15, 0.2) is 28.9 Å². The van der Waals surface area contributed by atoms with E-state index in [1.807, 2.05) is 0 Å². The van der Waals surface area contributed by atoms with Gasteiger partial charge in [0.25, 0.3) is 0 Å². The molecule has 0 saturated heterocycles. The highest BCUT2D eigenvalue weighted by molar-refractivity contribution is 9.10. The number of halogens is 3. The highest BCUT2D eigenvalue weighted by Gasteiger charge is 2.05. The smallest absolute Gasteiger partial charge is 0.146 e. The first-order chi connectivity index (χ1) is 8.04. The van der Waals surface area contributed by atoms with E-state index in [1.54, 1.807) is 13.0 Å². The lowest BCUT2D eigenvalue weighted by Crippen LogP contribution is -1.99. The second kappa shape index (κ2) is 4.98. The molecule has 0 fully saturated rings. The van der Waals surface area contributed by atoms with Gasteiger partial charge >= 0.3 is 0 Å². The molecule has 0 bridgehead atoms. The van der Waals surface area contributed by atoms with Crippen LogP contribution in [0.5, 0.6) is 0 Å². The number of hydrogen-bond acceptors (Lipinski definition) is 3. The number of nitrogens with one attached hydrogen (secondary N) is 1. The predicted octanol–water partition coefficient (Wildman–Crippen LogP) is 4.08. The van der Waals surface area contributed by atoms with Gasteiger partial charge in [-0.1, -0.05) is 11.6 Å². The van der Waals surface area contributed by atoms with E-state index in [0.717, 1.165) is 0 Å². The van der Waals surface area contributed by atoms with Crippen LogP contribution in [-0.4, -0.2) is 9.97 Å². The summed E-state index contributed by atoms with van der Waals surface area (Å²) in [5.41, 5.74) is 0.280. The number of hydrogen-bond donors (Lipinski definition) is 1. The van der Waals surface area contributed by atoms with Gasteiger partial charge in [-0.2, -0.15) is 0 Å². The van der Waals surface area contributed by atoms with Crippen molar-refractivity contribution < 1.29 is 4.39 Å². The molecule has 0 radical (unpaired) electrons. The third kappa shape index (κ3) is 3.14. The maximum Gasteiger partial charge on any atom is 0.146 e. The molecule has 1 aromatic carbocycles. The van der Waals surface area contributed by atoms with Crippen LogP contribution in [0.3, 0.4) is 0 Å². The molecule has 0 aliphatic heterocycles. The molecule has 1 heterocycles. The number of aromatic nitrogens is 2. The van der Waals surface area contributed by atoms with E-state index < -0.39 is 0 Å². The average Bonchev–Trinajstić information content (AvgIpc) is 2.22. The summed E-state index contributed by atoms with van der Waals surface area (Å²) < 4.78 is 14.1. The minimum absolute atomic E-state index is 0.280. The van der Waals surface area contributed by atoms with Gasteiger partial charge in [0.15, 0.2) is 0 Å². The van der Waals surface area contributed by atoms with Crippen molar-refractivity contribution in [2.45, 2.75) is 6.92 Å². The Hall–Kier alpha value is -1.20. The lowest BCUT2D eigenvalue weighted by Gasteiger charge is -2.08. The molecule has 0 aliphatic rings. The Morgan fingerprint density at radius 3 is 2.76 bits per heavy atom. The number of aryl methyl sites for hydroxylation is 1. The summed E-state index contributed by atoms with van der Waals surface area (Å²) in [5, 5.41) is 3.31. The highest BCUT2D eigenvalue weighted by atomic mass is 79.9. The van der Waals surface area contributed by atoms with Gasteiger partial charge in [0.2, 0.25) is 0 Å². The molecule has 0 atom stereocenters. The molecule has 0 amide bonds. The van der Waals surface area contributed by atoms with E-state index in [2.05, 4.69) is 31.2 Å². The molecule has 0 spiro atoms. The van der Waals surface area contributed by atoms with Gasteiger partial charge in [-0.3, -0.25) is 0 Å². The largest absolute Gasteiger partial charge is 0.338 e. The molecule has 3 nitrogen and oxygen atoms in total. The average molecular weight is 317 g/mol. The molecule has 6 heteroatoms. The van der Waals surface area contributed by atoms with Crippen LogP contribution in [0.1, 0.15) is 5.82 Å². The molecule has 2 aromatic rings. The lowest BCUT2D eigenvalue weighted by atomic mass is 10.3. The first kappa shape index (κ1) is 12.3. The van der Waals surface area contributed by atoms with Gasteiger partial charge in [-0.15, -0.1) is 0 Å². The SMILES string of the molecule is Cc1nc(Br)cc(Nc2cc(Cl)ccc2F)n1. The van der Waals surface area contributed by atoms with E-state index in [1.165, 1.54) is 18.2 Å². The molecular formula is C11H8BrClFN3. The normalized spacial score (nSPS) is 10.4. The molecule has 88 valence electrons. The van der Waals surface area contributed by atoms with Crippen LogP contribution in [-0.2, 0) is 0 Å². The minimum Gasteiger partial charge on any atom is -0.338 e. The monoisotopic (exact) mass is 315 g/mol. The van der Waals surface area contributed by atoms with Crippen molar-refractivity contribution in [2.24, 2.45) is 0 Å². The van der Waals surface area contributed by atoms with Crippen LogP contribution in [0.25, 0.3) is 0 Å². The van der Waals surface area contributed by atoms with Gasteiger partial charge < -0.3 is 5.32 Å². The quantitative estimate of drug-likeness (QED) is 0.848. The van der Waals surface area contributed by atoms with Crippen molar-refractivity contribution in [3.8, 4) is 0 Å². The second-order valence-corrected chi connectivity index (χ2v) is 4.62. The summed E-state index contributed by atoms with van der Waals surface area (Å²) in [6.07, 6.45) is 0. The summed E-state index contributed by atoms with van der Waals surface area (Å²) in [7, 11) is 0. The third-order valence-electron chi connectivity index (χ3n) is 2.00. The summed E-state index contributed by atoms with van der Waals surface area (Å²) in [6.45, 7) is 1.75. The Bertz CT molecular complexity index is 542. The Labute approximate surface area is 111 Å². The van der Waals surface area contributed by atoms with Gasteiger partial charge in [0.05, 0.1) is 5.69 Å². The Morgan fingerprint density at radius 2 is 2.06 bits per heavy atom. The van der Waals surface area contributed by atoms with Crippen molar-refractivity contribution in [1.29, 1.82) is 0 Å². The zero-order chi connectivity index (χ0) is 12.4. The zero-order valence-corrected chi connectivity index (χ0v) is 11.2. The van der Waals surface area contributed by atoms with Crippen LogP contribution in [0, 0.1) is 12.7 Å². The number of anilines is 2. The van der Waals surface area contributed by atoms with Crippen molar-refractivity contribution >= 4 is 39.0 Å². The third-order valence-corrected chi connectivity index (χ3v) is 2.64. The zero-order valence-electron chi connectivity index (χ0n) is 8.84. The molecular weight excluding hydrogens is 308 g/mol. The Balaban J connectivity index is 2.34. The molecule has 17 heavy (non-hydrogen) atoms. The van der Waals surface area contributed by atoms with Crippen molar-refractivity contribution in [2.75, 3.05) is 5.32 Å². The van der Waals surface area contributed by atoms with E-state index in [-0.39, 0.29) is 11.5 Å². The van der Waals surface area contributed by atoms with E-state index in [9.17, 15) is 4.39 Å². The molecule has 2 rings (SSSR count). The summed E-state index contributed by atoms with van der Waals surface area (Å²) in [5.74, 6) is 0.705. The number of rotatable bonds is 2. The highest BCUT2D eigenvalue weighted by Crippen LogP contribution is 2.23. The topological polar surface area (TPSA) is 37.8 Å². The summed E-state index contributed by atoms with van der Waals surface area (Å²) >= 11 is 9.05. The van der Waals surface area contributed by atoms with Crippen molar-refractivity contribution in [3.63, 3.8) is 0 Å². The first-order valence-electron chi connectivity index (χ1n) is 4.78. The fourth-order valence-corrected chi connectivity index (χ4v) is 1.97. The maximum atomic E-state index is 13.5. The Kier molecular flexibility index (Phi) is 3.59. The lowest BCUT2D eigenvalue weighted by molar-refractivity contribution is 0.632. The molecule has 1 aromatic heterocycles. The molecule has 0 unspecified atom stereocenters. The van der Waals surface area contributed by atoms with E-state index in [0.29, 0.717) is 21.3 Å². The van der Waals surface area contributed by atoms with Crippen LogP contribution in [0.4, 0.5) is 15.9 Å². The van der Waals surface area contributed by atoms with Crippen LogP contribution in [0.2, 0.25) is 5.02 Å². The predicted molar refractivity (Wildman–Crippen MR) is 69.2 cm³/mol.